The van der Waals surface area contributed by atoms with Crippen molar-refractivity contribution >= 4 is 41.7 Å². The molecule has 154 valence electrons. The van der Waals surface area contributed by atoms with E-state index < -0.39 is 0 Å². The van der Waals surface area contributed by atoms with Gasteiger partial charge in [-0.1, -0.05) is 13.0 Å². The van der Waals surface area contributed by atoms with Gasteiger partial charge in [0.1, 0.15) is 0 Å². The number of benzene rings is 1. The first-order valence-corrected chi connectivity index (χ1v) is 10.7. The fourth-order valence-electron chi connectivity index (χ4n) is 3.23. The molecule has 0 bridgehead atoms. The van der Waals surface area contributed by atoms with Crippen LogP contribution in [-0.4, -0.2) is 43.3 Å². The minimum atomic E-state index is 0. The van der Waals surface area contributed by atoms with E-state index in [0.29, 0.717) is 19.2 Å². The highest BCUT2D eigenvalue weighted by Gasteiger charge is 2.25. The molecule has 7 heteroatoms. The number of nitrogens with one attached hydrogen (secondary N) is 2. The summed E-state index contributed by atoms with van der Waals surface area (Å²) >= 11 is 2.08. The monoisotopic (exact) mass is 507 g/mol. The van der Waals surface area contributed by atoms with Crippen molar-refractivity contribution in [2.75, 3.05) is 26.0 Å². The molecular formula is C20H34IN3O2S. The molecule has 1 saturated carbocycles. The summed E-state index contributed by atoms with van der Waals surface area (Å²) in [6, 6.07) is 6.52. The van der Waals surface area contributed by atoms with Crippen LogP contribution in [0.3, 0.4) is 0 Å². The van der Waals surface area contributed by atoms with Crippen molar-refractivity contribution < 1.29 is 9.47 Å². The second kappa shape index (κ2) is 13.4. The number of hydrogen-bond acceptors (Lipinski definition) is 4. The summed E-state index contributed by atoms with van der Waals surface area (Å²) in [5, 5.41) is 7.76. The number of aliphatic imine (C=N–C) groups is 1. The smallest absolute Gasteiger partial charge is 0.191 e. The molecule has 0 radical (unpaired) electrons. The Labute approximate surface area is 185 Å². The van der Waals surface area contributed by atoms with Gasteiger partial charge in [0.2, 0.25) is 0 Å². The van der Waals surface area contributed by atoms with Gasteiger partial charge in [-0.25, -0.2) is 4.99 Å². The molecule has 2 N–H and O–H groups in total. The number of halogens is 1. The number of ether oxygens (including phenoxy) is 2. The average molecular weight is 507 g/mol. The van der Waals surface area contributed by atoms with Crippen molar-refractivity contribution in [3.05, 3.63) is 23.8 Å². The molecule has 1 fully saturated rings. The van der Waals surface area contributed by atoms with Crippen molar-refractivity contribution in [3.8, 4) is 11.5 Å². The van der Waals surface area contributed by atoms with E-state index in [9.17, 15) is 0 Å². The van der Waals surface area contributed by atoms with E-state index in [-0.39, 0.29) is 24.0 Å². The van der Waals surface area contributed by atoms with Gasteiger partial charge in [-0.05, 0) is 56.6 Å². The summed E-state index contributed by atoms with van der Waals surface area (Å²) in [4.78, 5) is 4.77. The molecule has 1 aliphatic carbocycles. The van der Waals surface area contributed by atoms with Crippen LogP contribution in [0.15, 0.2) is 23.2 Å². The number of thioether (sulfide) groups is 1. The lowest BCUT2D eigenvalue weighted by molar-refractivity contribution is 0.310. The molecule has 0 spiro atoms. The van der Waals surface area contributed by atoms with Crippen LogP contribution >= 0.6 is 35.7 Å². The van der Waals surface area contributed by atoms with Gasteiger partial charge >= 0.3 is 0 Å². The topological polar surface area (TPSA) is 54.9 Å². The van der Waals surface area contributed by atoms with Crippen LogP contribution in [0.5, 0.6) is 11.5 Å². The Hall–Kier alpha value is -0.830. The fraction of sp³-hybridized carbons (Fsp3) is 0.650. The predicted octanol–water partition coefficient (Wildman–Crippen LogP) is 4.44. The lowest BCUT2D eigenvalue weighted by atomic mass is 10.2. The van der Waals surface area contributed by atoms with E-state index in [4.69, 9.17) is 14.5 Å². The van der Waals surface area contributed by atoms with Crippen molar-refractivity contribution in [3.63, 3.8) is 0 Å². The Morgan fingerprint density at radius 1 is 1.22 bits per heavy atom. The minimum Gasteiger partial charge on any atom is -0.493 e. The molecule has 0 saturated heterocycles. The van der Waals surface area contributed by atoms with Crippen LogP contribution in [0.2, 0.25) is 0 Å². The number of hydrogen-bond donors (Lipinski definition) is 2. The van der Waals surface area contributed by atoms with Crippen molar-refractivity contribution in [2.24, 2.45) is 4.99 Å². The lowest BCUT2D eigenvalue weighted by Gasteiger charge is -2.17. The van der Waals surface area contributed by atoms with Crippen molar-refractivity contribution in [1.82, 2.24) is 10.6 Å². The molecule has 2 rings (SSSR count). The third-order valence-electron chi connectivity index (χ3n) is 4.42. The van der Waals surface area contributed by atoms with E-state index in [1.54, 1.807) is 7.11 Å². The molecule has 1 aliphatic rings. The fourth-order valence-corrected chi connectivity index (χ4v) is 4.37. The van der Waals surface area contributed by atoms with Crippen LogP contribution < -0.4 is 20.1 Å². The molecule has 0 heterocycles. The van der Waals surface area contributed by atoms with Gasteiger partial charge in [-0.2, -0.15) is 11.8 Å². The first-order chi connectivity index (χ1) is 12.7. The SMILES string of the molecule is CCNC(=NCc1ccc(OC)c(OCC)c1)NC1CCC(SCC)C1.I. The zero-order valence-corrected chi connectivity index (χ0v) is 20.1. The normalized spacial score (nSPS) is 19.3. The number of methoxy groups -OCH3 is 1. The largest absolute Gasteiger partial charge is 0.493 e. The quantitative estimate of drug-likeness (QED) is 0.294. The molecule has 2 unspecified atom stereocenters. The van der Waals surface area contributed by atoms with Gasteiger partial charge < -0.3 is 20.1 Å². The first-order valence-electron chi connectivity index (χ1n) is 9.66. The van der Waals surface area contributed by atoms with Crippen LogP contribution in [0.25, 0.3) is 0 Å². The number of guanidine groups is 1. The molecule has 27 heavy (non-hydrogen) atoms. The van der Waals surface area contributed by atoms with Gasteiger partial charge in [-0.3, -0.25) is 0 Å². The minimum absolute atomic E-state index is 0. The predicted molar refractivity (Wildman–Crippen MR) is 127 cm³/mol. The first kappa shape index (κ1) is 24.2. The van der Waals surface area contributed by atoms with Crippen LogP contribution in [0.4, 0.5) is 0 Å². The van der Waals surface area contributed by atoms with Gasteiger partial charge in [0, 0.05) is 17.8 Å². The zero-order chi connectivity index (χ0) is 18.8. The highest BCUT2D eigenvalue weighted by Crippen LogP contribution is 2.30. The maximum Gasteiger partial charge on any atom is 0.191 e. The van der Waals surface area contributed by atoms with Gasteiger partial charge in [0.15, 0.2) is 17.5 Å². The number of rotatable bonds is 9. The molecule has 5 nitrogen and oxygen atoms in total. The Kier molecular flexibility index (Phi) is 12.0. The van der Waals surface area contributed by atoms with Crippen molar-refractivity contribution in [1.29, 1.82) is 0 Å². The average Bonchev–Trinajstić information content (AvgIpc) is 3.08. The Bertz CT molecular complexity index is 586. The Morgan fingerprint density at radius 3 is 2.70 bits per heavy atom. The molecule has 0 aliphatic heterocycles. The van der Waals surface area contributed by atoms with Crippen molar-refractivity contribution in [2.45, 2.75) is 57.9 Å². The molecule has 2 atom stereocenters. The van der Waals surface area contributed by atoms with Crippen LogP contribution in [-0.2, 0) is 6.54 Å². The van der Waals surface area contributed by atoms with Crippen LogP contribution in [0.1, 0.15) is 45.6 Å². The summed E-state index contributed by atoms with van der Waals surface area (Å²) in [5.41, 5.74) is 1.11. The standard InChI is InChI=1S/C20H33N3O2S.HI/c1-5-21-20(23-16-9-10-17(13-16)26-7-3)22-14-15-8-11-18(24-4)19(12-15)25-6-2;/h8,11-12,16-17H,5-7,9-10,13-14H2,1-4H3,(H2,21,22,23);1H. The molecule has 1 aromatic carbocycles. The maximum atomic E-state index is 5.66. The highest BCUT2D eigenvalue weighted by molar-refractivity contribution is 14.0. The highest BCUT2D eigenvalue weighted by atomic mass is 127. The summed E-state index contributed by atoms with van der Waals surface area (Å²) in [6.45, 7) is 8.40. The van der Waals surface area contributed by atoms with E-state index in [2.05, 4.69) is 36.2 Å². The summed E-state index contributed by atoms with van der Waals surface area (Å²) in [6.07, 6.45) is 3.74. The van der Waals surface area contributed by atoms with Crippen LogP contribution in [0, 0.1) is 0 Å². The maximum absolute atomic E-state index is 5.66. The van der Waals surface area contributed by atoms with Gasteiger partial charge in [-0.15, -0.1) is 24.0 Å². The van der Waals surface area contributed by atoms with E-state index in [1.165, 1.54) is 25.0 Å². The molecule has 0 amide bonds. The lowest BCUT2D eigenvalue weighted by Crippen LogP contribution is -2.42. The van der Waals surface area contributed by atoms with Gasteiger partial charge in [0.25, 0.3) is 0 Å². The Morgan fingerprint density at radius 2 is 2.04 bits per heavy atom. The zero-order valence-electron chi connectivity index (χ0n) is 16.9. The third kappa shape index (κ3) is 7.97. The number of nitrogens with zero attached hydrogens (tertiary/aromatic N) is 1. The third-order valence-corrected chi connectivity index (χ3v) is 5.65. The summed E-state index contributed by atoms with van der Waals surface area (Å²) < 4.78 is 11.0. The second-order valence-corrected chi connectivity index (χ2v) is 7.92. The molecule has 0 aromatic heterocycles. The molecular weight excluding hydrogens is 473 g/mol. The second-order valence-electron chi connectivity index (χ2n) is 6.35. The summed E-state index contributed by atoms with van der Waals surface area (Å²) in [7, 11) is 1.66. The van der Waals surface area contributed by atoms with E-state index in [1.807, 2.05) is 25.1 Å². The van der Waals surface area contributed by atoms with E-state index >= 15 is 0 Å². The summed E-state index contributed by atoms with van der Waals surface area (Å²) in [5.74, 6) is 3.63. The van der Waals surface area contributed by atoms with E-state index in [0.717, 1.165) is 34.8 Å². The molecule has 1 aromatic rings. The van der Waals surface area contributed by atoms with Gasteiger partial charge in [0.05, 0.1) is 20.3 Å². The Balaban J connectivity index is 0.00000364.